The second-order valence-electron chi connectivity index (χ2n) is 1.64. The van der Waals surface area contributed by atoms with Crippen LogP contribution in [0.1, 0.15) is 0 Å². The van der Waals surface area contributed by atoms with Gasteiger partial charge in [0.15, 0.2) is 5.75 Å². The molecule has 0 fully saturated rings. The maximum Gasteiger partial charge on any atom is 0.169 e. The molecule has 0 heterocycles. The number of rotatable bonds is 2. The molecule has 54 valence electrons. The SMILES string of the molecule is FOOc1ccc(S)cc1. The van der Waals surface area contributed by atoms with Crippen molar-refractivity contribution in [3.63, 3.8) is 0 Å². The second kappa shape index (κ2) is 3.43. The van der Waals surface area contributed by atoms with E-state index < -0.39 is 0 Å². The van der Waals surface area contributed by atoms with Crippen molar-refractivity contribution in [1.82, 2.24) is 0 Å². The van der Waals surface area contributed by atoms with E-state index >= 15 is 0 Å². The van der Waals surface area contributed by atoms with Gasteiger partial charge in [-0.2, -0.15) is 0 Å². The van der Waals surface area contributed by atoms with E-state index in [1.807, 2.05) is 0 Å². The minimum absolute atomic E-state index is 0.306. The highest BCUT2D eigenvalue weighted by molar-refractivity contribution is 7.80. The molecule has 4 heteroatoms. The predicted molar refractivity (Wildman–Crippen MR) is 36.5 cm³/mol. The van der Waals surface area contributed by atoms with Crippen LogP contribution in [0.15, 0.2) is 29.2 Å². The van der Waals surface area contributed by atoms with Crippen molar-refractivity contribution < 1.29 is 14.5 Å². The van der Waals surface area contributed by atoms with Gasteiger partial charge in [0.2, 0.25) is 0 Å². The summed E-state index contributed by atoms with van der Waals surface area (Å²) in [5, 5.41) is 2.94. The average Bonchev–Trinajstić information content (AvgIpc) is 1.95. The molecule has 1 aromatic carbocycles. The Morgan fingerprint density at radius 1 is 1.20 bits per heavy atom. The standard InChI is InChI=1S/C6H5FO2S/c7-9-8-5-1-3-6(10)4-2-5/h1-4,10H. The molecule has 0 aliphatic carbocycles. The largest absolute Gasteiger partial charge is 0.304 e. The zero-order valence-electron chi connectivity index (χ0n) is 4.95. The first kappa shape index (κ1) is 7.37. The van der Waals surface area contributed by atoms with E-state index in [-0.39, 0.29) is 0 Å². The first-order chi connectivity index (χ1) is 4.83. The van der Waals surface area contributed by atoms with Gasteiger partial charge in [-0.25, -0.2) is 0 Å². The van der Waals surface area contributed by atoms with E-state index in [1.165, 1.54) is 0 Å². The number of halogens is 1. The van der Waals surface area contributed by atoms with Gasteiger partial charge in [-0.1, -0.05) is 0 Å². The molecule has 0 aliphatic rings. The topological polar surface area (TPSA) is 18.5 Å². The fraction of sp³-hybridized carbons (Fsp3) is 0. The van der Waals surface area contributed by atoms with E-state index in [0.29, 0.717) is 5.75 Å². The quantitative estimate of drug-likeness (QED) is 0.406. The van der Waals surface area contributed by atoms with Crippen LogP contribution < -0.4 is 4.89 Å². The van der Waals surface area contributed by atoms with Gasteiger partial charge in [-0.15, -0.1) is 12.6 Å². The lowest BCUT2D eigenvalue weighted by molar-refractivity contribution is -0.367. The van der Waals surface area contributed by atoms with E-state index in [0.717, 1.165) is 4.90 Å². The summed E-state index contributed by atoms with van der Waals surface area (Å²) in [7, 11) is 0. The molecule has 0 atom stereocenters. The van der Waals surface area contributed by atoms with E-state index in [2.05, 4.69) is 22.6 Å². The van der Waals surface area contributed by atoms with Crippen LogP contribution in [0.4, 0.5) is 4.53 Å². The third-order valence-corrected chi connectivity index (χ3v) is 1.26. The Kier molecular flexibility index (Phi) is 2.53. The summed E-state index contributed by atoms with van der Waals surface area (Å²) in [6.07, 6.45) is 0. The molecule has 0 spiro atoms. The summed E-state index contributed by atoms with van der Waals surface area (Å²) >= 11 is 4.01. The summed E-state index contributed by atoms with van der Waals surface area (Å²) in [5.74, 6) is 0.306. The van der Waals surface area contributed by atoms with Crippen molar-refractivity contribution in [2.24, 2.45) is 0 Å². The van der Waals surface area contributed by atoms with Gasteiger partial charge in [-0.05, 0) is 28.8 Å². The van der Waals surface area contributed by atoms with E-state index in [9.17, 15) is 4.53 Å². The first-order valence-electron chi connectivity index (χ1n) is 2.57. The molecule has 2 nitrogen and oxygen atoms in total. The molecule has 0 aliphatic heterocycles. The Labute approximate surface area is 62.8 Å². The van der Waals surface area contributed by atoms with Crippen molar-refractivity contribution in [2.45, 2.75) is 4.90 Å². The summed E-state index contributed by atoms with van der Waals surface area (Å²) in [6.45, 7) is 0. The molecule has 0 aromatic heterocycles. The van der Waals surface area contributed by atoms with Gasteiger partial charge >= 0.3 is 0 Å². The third kappa shape index (κ3) is 1.89. The van der Waals surface area contributed by atoms with Crippen LogP contribution in [-0.2, 0) is 5.09 Å². The first-order valence-corrected chi connectivity index (χ1v) is 3.02. The van der Waals surface area contributed by atoms with Gasteiger partial charge in [0.05, 0.1) is 0 Å². The van der Waals surface area contributed by atoms with Crippen molar-refractivity contribution in [2.75, 3.05) is 0 Å². The van der Waals surface area contributed by atoms with Crippen LogP contribution in [-0.4, -0.2) is 0 Å². The third-order valence-electron chi connectivity index (χ3n) is 0.964. The highest BCUT2D eigenvalue weighted by Crippen LogP contribution is 2.14. The van der Waals surface area contributed by atoms with Gasteiger partial charge < -0.3 is 4.89 Å². The zero-order valence-corrected chi connectivity index (χ0v) is 5.85. The highest BCUT2D eigenvalue weighted by Gasteiger charge is 1.91. The van der Waals surface area contributed by atoms with E-state index in [1.54, 1.807) is 24.3 Å². The Morgan fingerprint density at radius 3 is 2.30 bits per heavy atom. The van der Waals surface area contributed by atoms with Crippen molar-refractivity contribution >= 4 is 12.6 Å². The molecule has 0 saturated heterocycles. The minimum atomic E-state index is 0.306. The van der Waals surface area contributed by atoms with Gasteiger partial charge in [0.1, 0.15) is 0 Å². The van der Waals surface area contributed by atoms with Crippen molar-refractivity contribution in [1.29, 1.82) is 0 Å². The molecule has 1 rings (SSSR count). The number of thiol groups is 1. The van der Waals surface area contributed by atoms with Crippen LogP contribution in [0, 0.1) is 0 Å². The minimum Gasteiger partial charge on any atom is -0.304 e. The highest BCUT2D eigenvalue weighted by atomic mass is 32.1. The number of benzene rings is 1. The van der Waals surface area contributed by atoms with E-state index in [4.69, 9.17) is 0 Å². The van der Waals surface area contributed by atoms with Gasteiger partial charge in [0.25, 0.3) is 0 Å². The predicted octanol–water partition coefficient (Wildman–Crippen LogP) is 2.17. The van der Waals surface area contributed by atoms with Gasteiger partial charge in [0, 0.05) is 9.99 Å². The molecule has 1 aromatic rings. The molecular weight excluding hydrogens is 155 g/mol. The number of hydrogen-bond acceptors (Lipinski definition) is 3. The Hall–Kier alpha value is -0.740. The Morgan fingerprint density at radius 2 is 1.80 bits per heavy atom. The van der Waals surface area contributed by atoms with Crippen LogP contribution in [0.25, 0.3) is 0 Å². The molecule has 0 radical (unpaired) electrons. The Bertz CT molecular complexity index is 199. The smallest absolute Gasteiger partial charge is 0.169 e. The second-order valence-corrected chi connectivity index (χ2v) is 2.16. The zero-order chi connectivity index (χ0) is 7.40. The lowest BCUT2D eigenvalue weighted by atomic mass is 10.3. The molecule has 10 heavy (non-hydrogen) atoms. The average molecular weight is 160 g/mol. The van der Waals surface area contributed by atoms with Crippen molar-refractivity contribution in [3.05, 3.63) is 24.3 Å². The van der Waals surface area contributed by atoms with Crippen LogP contribution in [0.5, 0.6) is 5.75 Å². The molecule has 0 amide bonds. The number of hydrogen-bond donors (Lipinski definition) is 1. The normalized spacial score (nSPS) is 9.40. The lowest BCUT2D eigenvalue weighted by Crippen LogP contribution is -1.85. The lowest BCUT2D eigenvalue weighted by Gasteiger charge is -1.95. The summed E-state index contributed by atoms with van der Waals surface area (Å²) < 4.78 is 11.0. The summed E-state index contributed by atoms with van der Waals surface area (Å²) in [4.78, 5) is 4.84. The van der Waals surface area contributed by atoms with Gasteiger partial charge in [-0.3, -0.25) is 0 Å². The van der Waals surface area contributed by atoms with Crippen molar-refractivity contribution in [3.8, 4) is 5.75 Å². The molecule has 0 saturated carbocycles. The maximum absolute atomic E-state index is 11.0. The Balaban J connectivity index is 2.69. The fourth-order valence-electron chi connectivity index (χ4n) is 0.538. The maximum atomic E-state index is 11.0. The summed E-state index contributed by atoms with van der Waals surface area (Å²) in [5.41, 5.74) is 0. The summed E-state index contributed by atoms with van der Waals surface area (Å²) in [6, 6.07) is 6.42. The molecule has 0 N–H and O–H groups in total. The molecule has 0 unspecified atom stereocenters. The monoisotopic (exact) mass is 160 g/mol. The fourth-order valence-corrected chi connectivity index (χ4v) is 0.687. The molecule has 0 bridgehead atoms. The van der Waals surface area contributed by atoms with Crippen LogP contribution in [0.3, 0.4) is 0 Å². The van der Waals surface area contributed by atoms with Crippen LogP contribution in [0.2, 0.25) is 0 Å². The van der Waals surface area contributed by atoms with Crippen LogP contribution >= 0.6 is 12.6 Å². The molecular formula is C6H5FO2S.